The Balaban J connectivity index is 1.63. The van der Waals surface area contributed by atoms with Gasteiger partial charge in [0.25, 0.3) is 0 Å². The minimum atomic E-state index is -1.65. The number of alkyl halides is 1. The number of esters is 1. The van der Waals surface area contributed by atoms with Crippen LogP contribution in [0.2, 0.25) is 51.4 Å². The lowest BCUT2D eigenvalue weighted by Crippen LogP contribution is -2.35. The second-order valence-corrected chi connectivity index (χ2v) is 28.4. The standard InChI is InChI=1S/C43H62FN5O5Si2/c1-10-53-31(3)38-40(34-19-17-33(18-20-34)39(44)43(50)54-11-2)47-41-36(35-21-22-37(45-27-35)32-15-13-12-14-16-32)28-46-49(41)42(38)48(29-51-23-25-55(4,5)6)30-52-24-26-56(7,8)9/h12-16,21-22,27-28,33-34,39H,3,10-11,17-20,23-26,29-30H2,1-2,4-9H3. The van der Waals surface area contributed by atoms with E-state index in [-0.39, 0.29) is 26.0 Å². The van der Waals surface area contributed by atoms with Crippen LogP contribution in [0.15, 0.2) is 61.4 Å². The van der Waals surface area contributed by atoms with Gasteiger partial charge in [-0.3, -0.25) is 4.98 Å². The Bertz CT molecular complexity index is 1870. The Morgan fingerprint density at radius 2 is 1.50 bits per heavy atom. The summed E-state index contributed by atoms with van der Waals surface area (Å²) in [6, 6.07) is 16.2. The van der Waals surface area contributed by atoms with E-state index in [1.165, 1.54) is 0 Å². The van der Waals surface area contributed by atoms with Gasteiger partial charge in [0, 0.05) is 64.1 Å². The van der Waals surface area contributed by atoms with E-state index in [0.717, 1.165) is 51.5 Å². The van der Waals surface area contributed by atoms with Crippen LogP contribution < -0.4 is 4.90 Å². The summed E-state index contributed by atoms with van der Waals surface area (Å²) in [5, 5.41) is 4.98. The number of anilines is 1. The molecule has 0 aliphatic heterocycles. The zero-order valence-electron chi connectivity index (χ0n) is 34.8. The summed E-state index contributed by atoms with van der Waals surface area (Å²) in [5.74, 6) is -0.0493. The van der Waals surface area contributed by atoms with Crippen molar-refractivity contribution in [3.05, 3.63) is 72.7 Å². The van der Waals surface area contributed by atoms with Crippen molar-refractivity contribution in [3.8, 4) is 22.4 Å². The molecule has 56 heavy (non-hydrogen) atoms. The van der Waals surface area contributed by atoms with Crippen molar-refractivity contribution in [2.24, 2.45) is 5.92 Å². The maximum atomic E-state index is 15.3. The number of carbonyl (C=O) groups is 1. The highest BCUT2D eigenvalue weighted by atomic mass is 28.3. The van der Waals surface area contributed by atoms with Crippen LogP contribution in [0.4, 0.5) is 10.2 Å². The largest absolute Gasteiger partial charge is 0.494 e. The van der Waals surface area contributed by atoms with Crippen LogP contribution in [-0.4, -0.2) is 87.8 Å². The summed E-state index contributed by atoms with van der Waals surface area (Å²) in [6.45, 7) is 24.5. The van der Waals surface area contributed by atoms with Crippen LogP contribution in [-0.2, 0) is 23.7 Å². The molecule has 13 heteroatoms. The van der Waals surface area contributed by atoms with Crippen molar-refractivity contribution >= 4 is 39.3 Å². The second kappa shape index (κ2) is 19.5. The number of hydrogen-bond donors (Lipinski definition) is 0. The normalized spacial score (nSPS) is 16.8. The van der Waals surface area contributed by atoms with Gasteiger partial charge < -0.3 is 23.8 Å². The lowest BCUT2D eigenvalue weighted by molar-refractivity contribution is -0.151. The Morgan fingerprint density at radius 3 is 2.05 bits per heavy atom. The van der Waals surface area contributed by atoms with E-state index in [0.29, 0.717) is 56.9 Å². The third kappa shape index (κ3) is 11.4. The molecule has 4 aromatic rings. The fraction of sp³-hybridized carbons (Fsp3) is 0.535. The van der Waals surface area contributed by atoms with Crippen LogP contribution in [0.25, 0.3) is 33.8 Å². The first-order valence-corrected chi connectivity index (χ1v) is 27.6. The zero-order valence-corrected chi connectivity index (χ0v) is 36.8. The Labute approximate surface area is 334 Å². The summed E-state index contributed by atoms with van der Waals surface area (Å²) in [6.07, 6.45) is 4.37. The molecule has 0 radical (unpaired) electrons. The lowest BCUT2D eigenvalue weighted by Gasteiger charge is -2.33. The van der Waals surface area contributed by atoms with Crippen LogP contribution in [0.3, 0.4) is 0 Å². The molecule has 1 fully saturated rings. The van der Waals surface area contributed by atoms with Gasteiger partial charge in [0.15, 0.2) is 11.8 Å². The minimum Gasteiger partial charge on any atom is -0.494 e. The molecular weight excluding hydrogens is 742 g/mol. The van der Waals surface area contributed by atoms with Crippen molar-refractivity contribution in [1.29, 1.82) is 0 Å². The van der Waals surface area contributed by atoms with Gasteiger partial charge in [-0.25, -0.2) is 14.2 Å². The molecule has 3 aromatic heterocycles. The molecule has 1 aliphatic rings. The van der Waals surface area contributed by atoms with Gasteiger partial charge in [-0.1, -0.05) is 82.3 Å². The van der Waals surface area contributed by atoms with Gasteiger partial charge in [0.2, 0.25) is 0 Å². The second-order valence-electron chi connectivity index (χ2n) is 17.1. The topological polar surface area (TPSA) is 100 Å². The number of pyridine rings is 1. The van der Waals surface area contributed by atoms with Gasteiger partial charge in [0.05, 0.1) is 36.4 Å². The minimum absolute atomic E-state index is 0.0552. The van der Waals surface area contributed by atoms with Crippen LogP contribution >= 0.6 is 0 Å². The van der Waals surface area contributed by atoms with E-state index in [1.807, 2.05) is 60.2 Å². The van der Waals surface area contributed by atoms with Crippen molar-refractivity contribution in [2.45, 2.75) is 103 Å². The number of fused-ring (bicyclic) bond motifs is 1. The van der Waals surface area contributed by atoms with Gasteiger partial charge in [-0.2, -0.15) is 9.61 Å². The number of benzene rings is 1. The van der Waals surface area contributed by atoms with Crippen LogP contribution in [0, 0.1) is 5.92 Å². The van der Waals surface area contributed by atoms with E-state index in [4.69, 9.17) is 34.0 Å². The van der Waals surface area contributed by atoms with Gasteiger partial charge in [-0.05, 0) is 57.7 Å². The quantitative estimate of drug-likeness (QED) is 0.0284. The first-order valence-electron chi connectivity index (χ1n) is 20.2. The van der Waals surface area contributed by atoms with E-state index in [1.54, 1.807) is 6.92 Å². The monoisotopic (exact) mass is 803 g/mol. The van der Waals surface area contributed by atoms with E-state index >= 15 is 4.39 Å². The van der Waals surface area contributed by atoms with Gasteiger partial charge >= 0.3 is 5.97 Å². The van der Waals surface area contributed by atoms with Crippen molar-refractivity contribution in [2.75, 3.05) is 44.8 Å². The number of nitrogens with zero attached hydrogens (tertiary/aromatic N) is 5. The molecule has 0 amide bonds. The molecule has 1 saturated carbocycles. The predicted molar refractivity (Wildman–Crippen MR) is 229 cm³/mol. The molecule has 1 unspecified atom stereocenters. The molecule has 0 bridgehead atoms. The molecule has 0 N–H and O–H groups in total. The number of aromatic nitrogens is 4. The highest BCUT2D eigenvalue weighted by molar-refractivity contribution is 6.76. The average Bonchev–Trinajstić information content (AvgIpc) is 3.60. The highest BCUT2D eigenvalue weighted by Crippen LogP contribution is 2.43. The summed E-state index contributed by atoms with van der Waals surface area (Å²) in [7, 11) is -2.71. The molecular formula is C43H62FN5O5Si2. The average molecular weight is 804 g/mol. The molecule has 1 aliphatic carbocycles. The summed E-state index contributed by atoms with van der Waals surface area (Å²) in [5.41, 5.74) is 5.81. The first kappa shape index (κ1) is 43.2. The van der Waals surface area contributed by atoms with E-state index in [9.17, 15) is 4.79 Å². The van der Waals surface area contributed by atoms with E-state index in [2.05, 4.69) is 56.8 Å². The van der Waals surface area contributed by atoms with Gasteiger partial charge in [0.1, 0.15) is 25.0 Å². The van der Waals surface area contributed by atoms with Crippen molar-refractivity contribution in [3.63, 3.8) is 0 Å². The van der Waals surface area contributed by atoms with E-state index < -0.39 is 34.2 Å². The summed E-state index contributed by atoms with van der Waals surface area (Å²) >= 11 is 0. The molecule has 3 heterocycles. The summed E-state index contributed by atoms with van der Waals surface area (Å²) < 4.78 is 41.3. The SMILES string of the molecule is C=C(OCC)c1c(C2CCC(C(F)C(=O)OCC)CC2)nc2c(-c3ccc(-c4ccccc4)nc3)cnn2c1N(COCC[Si](C)(C)C)COCC[Si](C)(C)C. The number of halogens is 1. The maximum Gasteiger partial charge on any atom is 0.341 e. The number of hydrogen-bond acceptors (Lipinski definition) is 9. The van der Waals surface area contributed by atoms with Crippen molar-refractivity contribution < 1.29 is 28.1 Å². The third-order valence-corrected chi connectivity index (χ3v) is 13.7. The molecule has 0 spiro atoms. The number of rotatable bonds is 20. The fourth-order valence-corrected chi connectivity index (χ4v) is 8.51. The number of carbonyl (C=O) groups excluding carboxylic acids is 1. The Kier molecular flexibility index (Phi) is 15.0. The molecule has 304 valence electrons. The number of ether oxygens (including phenoxy) is 4. The predicted octanol–water partition coefficient (Wildman–Crippen LogP) is 10.1. The Morgan fingerprint density at radius 1 is 0.875 bits per heavy atom. The molecule has 0 saturated heterocycles. The molecule has 1 aromatic carbocycles. The van der Waals surface area contributed by atoms with Crippen LogP contribution in [0.5, 0.6) is 0 Å². The molecule has 1 atom stereocenters. The maximum absolute atomic E-state index is 15.3. The molecule has 10 nitrogen and oxygen atoms in total. The Hall–Kier alpha value is -3.92. The smallest absolute Gasteiger partial charge is 0.341 e. The first-order chi connectivity index (χ1) is 26.7. The van der Waals surface area contributed by atoms with Crippen LogP contribution in [0.1, 0.15) is 56.7 Å². The summed E-state index contributed by atoms with van der Waals surface area (Å²) in [4.78, 5) is 24.7. The third-order valence-electron chi connectivity index (χ3n) is 10.3. The fourth-order valence-electron chi connectivity index (χ4n) is 7.00. The van der Waals surface area contributed by atoms with Gasteiger partial charge in [-0.15, -0.1) is 0 Å². The zero-order chi connectivity index (χ0) is 40.5. The lowest BCUT2D eigenvalue weighted by atomic mass is 9.77. The highest BCUT2D eigenvalue weighted by Gasteiger charge is 2.37. The van der Waals surface area contributed by atoms with Crippen molar-refractivity contribution in [1.82, 2.24) is 19.6 Å². The molecule has 5 rings (SSSR count).